The van der Waals surface area contributed by atoms with Crippen LogP contribution in [0.5, 0.6) is 5.75 Å². The SMILES string of the molecule is CC(=O)N1CCC(Oc2ccc(Cl)cc2C(=O)NC[C@@H]2CCCOC2)CC1. The van der Waals surface area contributed by atoms with Gasteiger partial charge in [-0.2, -0.15) is 0 Å². The first-order chi connectivity index (χ1) is 13.0. The molecule has 2 fully saturated rings. The fraction of sp³-hybridized carbons (Fsp3) is 0.600. The van der Waals surface area contributed by atoms with Crippen molar-refractivity contribution in [1.82, 2.24) is 10.2 Å². The van der Waals surface area contributed by atoms with Gasteiger partial charge in [-0.25, -0.2) is 0 Å². The molecule has 148 valence electrons. The molecule has 0 aromatic heterocycles. The molecular formula is C20H27ClN2O4. The van der Waals surface area contributed by atoms with Gasteiger partial charge in [-0.3, -0.25) is 9.59 Å². The molecule has 6 nitrogen and oxygen atoms in total. The lowest BCUT2D eigenvalue weighted by Crippen LogP contribution is -2.41. The summed E-state index contributed by atoms with van der Waals surface area (Å²) in [7, 11) is 0. The number of rotatable bonds is 5. The molecule has 0 saturated carbocycles. The Kier molecular flexibility index (Phi) is 6.96. The summed E-state index contributed by atoms with van der Waals surface area (Å²) in [6.45, 7) is 5.02. The number of likely N-dealkylation sites (tertiary alicyclic amines) is 1. The van der Waals surface area contributed by atoms with E-state index in [1.807, 2.05) is 4.90 Å². The molecule has 7 heteroatoms. The molecular weight excluding hydrogens is 368 g/mol. The summed E-state index contributed by atoms with van der Waals surface area (Å²) in [6.07, 6.45) is 3.59. The van der Waals surface area contributed by atoms with E-state index in [0.717, 1.165) is 32.3 Å². The third kappa shape index (κ3) is 5.59. The largest absolute Gasteiger partial charge is 0.489 e. The number of benzene rings is 1. The summed E-state index contributed by atoms with van der Waals surface area (Å²) >= 11 is 6.11. The second kappa shape index (κ2) is 9.42. The highest BCUT2D eigenvalue weighted by molar-refractivity contribution is 6.31. The van der Waals surface area contributed by atoms with Crippen molar-refractivity contribution in [3.63, 3.8) is 0 Å². The van der Waals surface area contributed by atoms with Crippen molar-refractivity contribution >= 4 is 23.4 Å². The van der Waals surface area contributed by atoms with Crippen molar-refractivity contribution < 1.29 is 19.1 Å². The summed E-state index contributed by atoms with van der Waals surface area (Å²) in [5.41, 5.74) is 0.452. The van der Waals surface area contributed by atoms with Crippen LogP contribution < -0.4 is 10.1 Å². The molecule has 1 N–H and O–H groups in total. The zero-order chi connectivity index (χ0) is 19.2. The number of nitrogens with zero attached hydrogens (tertiary/aromatic N) is 1. The molecule has 2 amide bonds. The van der Waals surface area contributed by atoms with Gasteiger partial charge in [0.15, 0.2) is 0 Å². The maximum atomic E-state index is 12.7. The number of hydrogen-bond acceptors (Lipinski definition) is 4. The van der Waals surface area contributed by atoms with E-state index in [4.69, 9.17) is 21.1 Å². The zero-order valence-electron chi connectivity index (χ0n) is 15.7. The molecule has 2 aliphatic heterocycles. The molecule has 0 bridgehead atoms. The van der Waals surface area contributed by atoms with E-state index in [0.29, 0.717) is 48.5 Å². The van der Waals surface area contributed by atoms with Gasteiger partial charge in [-0.15, -0.1) is 0 Å². The van der Waals surface area contributed by atoms with Gasteiger partial charge in [-0.1, -0.05) is 11.6 Å². The van der Waals surface area contributed by atoms with Gasteiger partial charge in [0.25, 0.3) is 5.91 Å². The summed E-state index contributed by atoms with van der Waals surface area (Å²) in [5, 5.41) is 3.48. The Morgan fingerprint density at radius 1 is 1.30 bits per heavy atom. The first kappa shape index (κ1) is 20.0. The van der Waals surface area contributed by atoms with Crippen molar-refractivity contribution in [3.8, 4) is 5.75 Å². The number of piperidine rings is 1. The molecule has 2 aliphatic rings. The molecule has 1 atom stereocenters. The van der Waals surface area contributed by atoms with E-state index in [1.54, 1.807) is 25.1 Å². The minimum Gasteiger partial charge on any atom is -0.489 e. The lowest BCUT2D eigenvalue weighted by molar-refractivity contribution is -0.130. The predicted octanol–water partition coefficient (Wildman–Crippen LogP) is 2.89. The Labute approximate surface area is 165 Å². The van der Waals surface area contributed by atoms with E-state index in [9.17, 15) is 9.59 Å². The first-order valence-corrected chi connectivity index (χ1v) is 9.98. The lowest BCUT2D eigenvalue weighted by Gasteiger charge is -2.31. The minimum atomic E-state index is -0.181. The summed E-state index contributed by atoms with van der Waals surface area (Å²) in [6, 6.07) is 5.12. The standard InChI is InChI=1S/C20H27ClN2O4/c1-14(24)23-8-6-17(7-9-23)27-19-5-4-16(21)11-18(19)20(25)22-12-15-3-2-10-26-13-15/h4-5,11,15,17H,2-3,6-10,12-13H2,1H3,(H,22,25)/t15-/m0/s1. The highest BCUT2D eigenvalue weighted by Gasteiger charge is 2.24. The van der Waals surface area contributed by atoms with Crippen LogP contribution in [0.4, 0.5) is 0 Å². The number of nitrogens with one attached hydrogen (secondary N) is 1. The molecule has 0 unspecified atom stereocenters. The molecule has 2 saturated heterocycles. The Morgan fingerprint density at radius 2 is 2.07 bits per heavy atom. The van der Waals surface area contributed by atoms with Crippen molar-refractivity contribution in [1.29, 1.82) is 0 Å². The number of carbonyl (C=O) groups excluding carboxylic acids is 2. The second-order valence-electron chi connectivity index (χ2n) is 7.26. The molecule has 1 aromatic rings. The monoisotopic (exact) mass is 394 g/mol. The van der Waals surface area contributed by atoms with Crippen LogP contribution in [0.15, 0.2) is 18.2 Å². The number of amides is 2. The third-order valence-electron chi connectivity index (χ3n) is 5.17. The van der Waals surface area contributed by atoms with Crippen LogP contribution in [0.3, 0.4) is 0 Å². The third-order valence-corrected chi connectivity index (χ3v) is 5.41. The molecule has 0 aliphatic carbocycles. The highest BCUT2D eigenvalue weighted by Crippen LogP contribution is 2.26. The topological polar surface area (TPSA) is 67.9 Å². The van der Waals surface area contributed by atoms with Crippen LogP contribution in [0.2, 0.25) is 5.02 Å². The highest BCUT2D eigenvalue weighted by atomic mass is 35.5. The zero-order valence-corrected chi connectivity index (χ0v) is 16.5. The molecule has 2 heterocycles. The van der Waals surface area contributed by atoms with Gasteiger partial charge in [0.1, 0.15) is 11.9 Å². The van der Waals surface area contributed by atoms with Crippen LogP contribution >= 0.6 is 11.6 Å². The second-order valence-corrected chi connectivity index (χ2v) is 7.69. The molecule has 3 rings (SSSR count). The van der Waals surface area contributed by atoms with Gasteiger partial charge in [0.05, 0.1) is 12.2 Å². The minimum absolute atomic E-state index is 0.0138. The first-order valence-electron chi connectivity index (χ1n) is 9.60. The van der Waals surface area contributed by atoms with Crippen LogP contribution in [0.1, 0.15) is 43.0 Å². The molecule has 27 heavy (non-hydrogen) atoms. The number of ether oxygens (including phenoxy) is 2. The number of halogens is 1. The van der Waals surface area contributed by atoms with Crippen LogP contribution in [-0.4, -0.2) is 55.7 Å². The van der Waals surface area contributed by atoms with Crippen molar-refractivity contribution in [2.45, 2.75) is 38.7 Å². The summed E-state index contributed by atoms with van der Waals surface area (Å²) in [5.74, 6) is 0.797. The van der Waals surface area contributed by atoms with Gasteiger partial charge in [0, 0.05) is 51.0 Å². The lowest BCUT2D eigenvalue weighted by atomic mass is 10.0. The van der Waals surface area contributed by atoms with E-state index in [2.05, 4.69) is 5.32 Å². The normalized spacial score (nSPS) is 21.0. The fourth-order valence-electron chi connectivity index (χ4n) is 3.55. The average Bonchev–Trinajstić information content (AvgIpc) is 2.68. The molecule has 0 spiro atoms. The molecule has 1 aromatic carbocycles. The summed E-state index contributed by atoms with van der Waals surface area (Å²) in [4.78, 5) is 26.0. The van der Waals surface area contributed by atoms with Gasteiger partial charge >= 0.3 is 0 Å². The average molecular weight is 395 g/mol. The van der Waals surface area contributed by atoms with Crippen LogP contribution in [0, 0.1) is 5.92 Å². The smallest absolute Gasteiger partial charge is 0.255 e. The van der Waals surface area contributed by atoms with E-state index < -0.39 is 0 Å². The predicted molar refractivity (Wildman–Crippen MR) is 103 cm³/mol. The van der Waals surface area contributed by atoms with Gasteiger partial charge in [0.2, 0.25) is 5.91 Å². The van der Waals surface area contributed by atoms with Gasteiger partial charge in [-0.05, 0) is 37.0 Å². The van der Waals surface area contributed by atoms with Crippen LogP contribution in [0.25, 0.3) is 0 Å². The quantitative estimate of drug-likeness (QED) is 0.833. The van der Waals surface area contributed by atoms with Crippen molar-refractivity contribution in [2.75, 3.05) is 32.8 Å². The summed E-state index contributed by atoms with van der Waals surface area (Å²) < 4.78 is 11.6. The van der Waals surface area contributed by atoms with E-state index in [1.165, 1.54) is 0 Å². The number of hydrogen-bond donors (Lipinski definition) is 1. The Morgan fingerprint density at radius 3 is 2.74 bits per heavy atom. The maximum Gasteiger partial charge on any atom is 0.255 e. The van der Waals surface area contributed by atoms with Crippen LogP contribution in [-0.2, 0) is 9.53 Å². The Hall–Kier alpha value is -1.79. The Balaban J connectivity index is 1.60. The van der Waals surface area contributed by atoms with Crippen molar-refractivity contribution in [3.05, 3.63) is 28.8 Å². The van der Waals surface area contributed by atoms with E-state index in [-0.39, 0.29) is 17.9 Å². The maximum absolute atomic E-state index is 12.7. The van der Waals surface area contributed by atoms with Gasteiger partial charge < -0.3 is 19.7 Å². The van der Waals surface area contributed by atoms with Crippen molar-refractivity contribution in [2.24, 2.45) is 5.92 Å². The Bertz CT molecular complexity index is 668. The fourth-order valence-corrected chi connectivity index (χ4v) is 3.72. The van der Waals surface area contributed by atoms with E-state index >= 15 is 0 Å². The number of carbonyl (C=O) groups is 2. The molecule has 0 radical (unpaired) electrons.